The van der Waals surface area contributed by atoms with Crippen molar-refractivity contribution < 1.29 is 4.74 Å². The van der Waals surface area contributed by atoms with E-state index >= 15 is 0 Å². The number of nitrogens with zero attached hydrogens (tertiary/aromatic N) is 5. The maximum atomic E-state index is 5.92. The van der Waals surface area contributed by atoms with Crippen molar-refractivity contribution in [3.63, 3.8) is 0 Å². The number of fused-ring (bicyclic) bond motifs is 2. The topological polar surface area (TPSA) is 105 Å². The molecule has 0 atom stereocenters. The first-order valence-electron chi connectivity index (χ1n) is 10.1. The average Bonchev–Trinajstić information content (AvgIpc) is 3.47. The minimum Gasteiger partial charge on any atom is -0.487 e. The van der Waals surface area contributed by atoms with E-state index in [9.17, 15) is 0 Å². The van der Waals surface area contributed by atoms with Crippen LogP contribution in [0.4, 0.5) is 0 Å². The molecule has 6 aromatic rings. The Kier molecular flexibility index (Phi) is 4.31. The minimum absolute atomic E-state index is 0.477. The number of rotatable bonds is 5. The van der Waals surface area contributed by atoms with E-state index in [1.54, 1.807) is 31.0 Å². The van der Waals surface area contributed by atoms with E-state index in [1.165, 1.54) is 0 Å². The third kappa shape index (κ3) is 3.33. The summed E-state index contributed by atoms with van der Waals surface area (Å²) >= 11 is 0. The molecule has 5 aromatic heterocycles. The summed E-state index contributed by atoms with van der Waals surface area (Å²) in [6.07, 6.45) is 8.72. The van der Waals surface area contributed by atoms with E-state index in [1.807, 2.05) is 48.5 Å². The highest BCUT2D eigenvalue weighted by atomic mass is 16.5. The number of H-pyrrole nitrogens is 2. The maximum absolute atomic E-state index is 5.92. The smallest absolute Gasteiger partial charge is 0.159 e. The fourth-order valence-corrected chi connectivity index (χ4v) is 3.60. The number of hydrogen-bond donors (Lipinski definition) is 2. The van der Waals surface area contributed by atoms with Gasteiger partial charge in [-0.15, -0.1) is 0 Å². The highest BCUT2D eigenvalue weighted by Crippen LogP contribution is 2.29. The van der Waals surface area contributed by atoms with Gasteiger partial charge in [0.15, 0.2) is 5.82 Å². The van der Waals surface area contributed by atoms with Gasteiger partial charge in [0.25, 0.3) is 0 Å². The second kappa shape index (κ2) is 7.59. The van der Waals surface area contributed by atoms with Crippen LogP contribution < -0.4 is 4.74 Å². The molecule has 8 heteroatoms. The van der Waals surface area contributed by atoms with E-state index in [4.69, 9.17) is 4.74 Å². The second-order valence-corrected chi connectivity index (χ2v) is 7.35. The van der Waals surface area contributed by atoms with Crippen molar-refractivity contribution >= 4 is 21.9 Å². The van der Waals surface area contributed by atoms with Crippen LogP contribution in [0.1, 0.15) is 5.56 Å². The molecule has 1 aromatic carbocycles. The lowest BCUT2D eigenvalue weighted by Crippen LogP contribution is -1.96. The first kappa shape index (κ1) is 18.2. The Labute approximate surface area is 182 Å². The Morgan fingerprint density at radius 1 is 0.875 bits per heavy atom. The van der Waals surface area contributed by atoms with Crippen molar-refractivity contribution in [1.29, 1.82) is 0 Å². The molecule has 32 heavy (non-hydrogen) atoms. The summed E-state index contributed by atoms with van der Waals surface area (Å²) in [4.78, 5) is 21.0. The molecule has 154 valence electrons. The summed E-state index contributed by atoms with van der Waals surface area (Å²) in [5, 5.41) is 8.40. The van der Waals surface area contributed by atoms with Crippen LogP contribution in [0.3, 0.4) is 0 Å². The number of aromatic nitrogens is 7. The van der Waals surface area contributed by atoms with Gasteiger partial charge in [0.2, 0.25) is 0 Å². The molecule has 0 saturated heterocycles. The molecule has 0 saturated carbocycles. The van der Waals surface area contributed by atoms with Crippen LogP contribution in [-0.2, 0) is 6.61 Å². The van der Waals surface area contributed by atoms with Crippen LogP contribution in [0.2, 0.25) is 0 Å². The third-order valence-electron chi connectivity index (χ3n) is 5.21. The fourth-order valence-electron chi connectivity index (χ4n) is 3.60. The fraction of sp³-hybridized carbons (Fsp3) is 0.0417. The molecule has 0 unspecified atom stereocenters. The molecule has 2 N–H and O–H groups in total. The Hall–Kier alpha value is -4.59. The SMILES string of the molecule is c1ccc(COc2cncc(-c3cc4c(-c5nc6ccncc6[nH]5)n[nH]c4cn3)c2)cc1. The molecule has 0 spiro atoms. The molecule has 0 amide bonds. The lowest BCUT2D eigenvalue weighted by molar-refractivity contribution is 0.305. The third-order valence-corrected chi connectivity index (χ3v) is 5.21. The summed E-state index contributed by atoms with van der Waals surface area (Å²) in [6.45, 7) is 0.477. The van der Waals surface area contributed by atoms with Gasteiger partial charge in [0, 0.05) is 23.3 Å². The van der Waals surface area contributed by atoms with Gasteiger partial charge < -0.3 is 9.72 Å². The number of benzene rings is 1. The Morgan fingerprint density at radius 3 is 2.72 bits per heavy atom. The quantitative estimate of drug-likeness (QED) is 0.425. The molecule has 6 rings (SSSR count). The number of pyridine rings is 3. The summed E-state index contributed by atoms with van der Waals surface area (Å²) in [5.74, 6) is 1.36. The lowest BCUT2D eigenvalue weighted by Gasteiger charge is -2.08. The number of aromatic amines is 2. The normalized spacial score (nSPS) is 11.2. The van der Waals surface area contributed by atoms with E-state index in [0.29, 0.717) is 18.2 Å². The molecular weight excluding hydrogens is 402 g/mol. The van der Waals surface area contributed by atoms with Gasteiger partial charge in [0.1, 0.15) is 18.1 Å². The molecule has 0 aliphatic rings. The molecule has 8 nitrogen and oxygen atoms in total. The van der Waals surface area contributed by atoms with E-state index in [0.717, 1.165) is 44.5 Å². The predicted molar refractivity (Wildman–Crippen MR) is 121 cm³/mol. The van der Waals surface area contributed by atoms with Crippen LogP contribution in [0.15, 0.2) is 79.5 Å². The van der Waals surface area contributed by atoms with Crippen LogP contribution >= 0.6 is 0 Å². The molecule has 5 heterocycles. The largest absolute Gasteiger partial charge is 0.487 e. The van der Waals surface area contributed by atoms with Gasteiger partial charge >= 0.3 is 0 Å². The highest BCUT2D eigenvalue weighted by molar-refractivity contribution is 5.94. The van der Waals surface area contributed by atoms with Crippen molar-refractivity contribution in [2.75, 3.05) is 0 Å². The molecular formula is C24H17N7O. The lowest BCUT2D eigenvalue weighted by atomic mass is 10.1. The molecule has 0 fully saturated rings. The van der Waals surface area contributed by atoms with Crippen molar-refractivity contribution in [1.82, 2.24) is 35.1 Å². The Balaban J connectivity index is 1.34. The van der Waals surface area contributed by atoms with Crippen molar-refractivity contribution in [2.24, 2.45) is 0 Å². The zero-order valence-electron chi connectivity index (χ0n) is 16.9. The van der Waals surface area contributed by atoms with Crippen molar-refractivity contribution in [3.05, 3.63) is 85.1 Å². The van der Waals surface area contributed by atoms with Gasteiger partial charge in [-0.2, -0.15) is 5.10 Å². The molecule has 0 bridgehead atoms. The van der Waals surface area contributed by atoms with Gasteiger partial charge in [-0.25, -0.2) is 4.98 Å². The number of nitrogens with one attached hydrogen (secondary N) is 2. The van der Waals surface area contributed by atoms with Gasteiger partial charge in [0.05, 0.1) is 40.8 Å². The van der Waals surface area contributed by atoms with Crippen molar-refractivity contribution in [3.8, 4) is 28.5 Å². The summed E-state index contributed by atoms with van der Waals surface area (Å²) in [5.41, 5.74) is 5.99. The zero-order valence-corrected chi connectivity index (χ0v) is 16.9. The number of imidazole rings is 1. The van der Waals surface area contributed by atoms with Crippen molar-refractivity contribution in [2.45, 2.75) is 6.61 Å². The number of hydrogen-bond acceptors (Lipinski definition) is 6. The second-order valence-electron chi connectivity index (χ2n) is 7.35. The average molecular weight is 419 g/mol. The Bertz CT molecular complexity index is 1510. The van der Waals surface area contributed by atoms with Crippen LogP contribution in [0.25, 0.3) is 44.7 Å². The number of ether oxygens (including phenoxy) is 1. The van der Waals surface area contributed by atoms with E-state index in [2.05, 4.69) is 35.1 Å². The first-order valence-corrected chi connectivity index (χ1v) is 10.1. The summed E-state index contributed by atoms with van der Waals surface area (Å²) in [6, 6.07) is 15.8. The standard InChI is InChI=1S/C24H17N7O/c1-2-4-15(5-3-1)14-32-17-8-16(10-26-11-17)20-9-18-21(13-27-20)30-31-23(18)24-28-19-6-7-25-12-22(19)29-24/h1-13H,14H2,(H,28,29)(H,30,31). The van der Waals surface area contributed by atoms with Gasteiger partial charge in [-0.1, -0.05) is 30.3 Å². The van der Waals surface area contributed by atoms with Gasteiger partial charge in [-0.05, 0) is 23.8 Å². The van der Waals surface area contributed by atoms with Crippen LogP contribution in [-0.4, -0.2) is 35.1 Å². The Morgan fingerprint density at radius 2 is 1.81 bits per heavy atom. The highest BCUT2D eigenvalue weighted by Gasteiger charge is 2.14. The first-order chi connectivity index (χ1) is 15.8. The maximum Gasteiger partial charge on any atom is 0.159 e. The molecule has 0 aliphatic carbocycles. The van der Waals surface area contributed by atoms with Crippen LogP contribution in [0, 0.1) is 0 Å². The molecule has 0 aliphatic heterocycles. The molecule has 0 radical (unpaired) electrons. The van der Waals surface area contributed by atoms with Crippen LogP contribution in [0.5, 0.6) is 5.75 Å². The van der Waals surface area contributed by atoms with E-state index in [-0.39, 0.29) is 0 Å². The monoisotopic (exact) mass is 419 g/mol. The zero-order chi connectivity index (χ0) is 21.3. The summed E-state index contributed by atoms with van der Waals surface area (Å²) < 4.78 is 5.92. The van der Waals surface area contributed by atoms with Gasteiger partial charge in [-0.3, -0.25) is 20.1 Å². The van der Waals surface area contributed by atoms with E-state index < -0.39 is 0 Å². The minimum atomic E-state index is 0.477. The summed E-state index contributed by atoms with van der Waals surface area (Å²) in [7, 11) is 0. The predicted octanol–water partition coefficient (Wildman–Crippen LogP) is 4.54.